The summed E-state index contributed by atoms with van der Waals surface area (Å²) in [5, 5.41) is 21.8. The lowest BCUT2D eigenvalue weighted by molar-refractivity contribution is -0.150. The molecule has 2 saturated heterocycles. The molecule has 2 fully saturated rings. The number of unbranched alkanes of at least 4 members (excludes halogenated alkanes) is 1. The van der Waals surface area contributed by atoms with Gasteiger partial charge >= 0.3 is 12.2 Å². The SMILES string of the molecule is CC(C)C[C@@H](NC(=O)[C@@H](Cc1ccccc1)NC(=O)[C@@H](Cc1ccccc1)N(C(=O)O)C(C)(C)C)C(=O)N[C@H](CCCCNC(=O)OC(C)(C)C)C(=O)N1CC2(CCN(S(C)(=O)=O)CC2)C1. The predicted octanol–water partition coefficient (Wildman–Crippen LogP) is 4.70. The Morgan fingerprint density at radius 2 is 1.27 bits per heavy atom. The van der Waals surface area contributed by atoms with Gasteiger partial charge in [-0.1, -0.05) is 74.5 Å². The molecule has 4 rings (SSSR count). The average molecular weight is 940 g/mol. The molecular weight excluding hydrogens is 867 g/mol. The first-order chi connectivity index (χ1) is 30.8. The summed E-state index contributed by atoms with van der Waals surface area (Å²) >= 11 is 0. The van der Waals surface area contributed by atoms with Crippen molar-refractivity contribution in [2.75, 3.05) is 39.0 Å². The fraction of sp³-hybridized carbons (Fsp3) is 0.625. The van der Waals surface area contributed by atoms with E-state index in [-0.39, 0.29) is 49.5 Å². The van der Waals surface area contributed by atoms with Crippen molar-refractivity contribution in [3.8, 4) is 0 Å². The van der Waals surface area contributed by atoms with E-state index >= 15 is 0 Å². The van der Waals surface area contributed by atoms with Gasteiger partial charge in [0.05, 0.1) is 6.26 Å². The summed E-state index contributed by atoms with van der Waals surface area (Å²) in [5.74, 6) is -2.32. The number of alkyl carbamates (subject to hydrolysis) is 1. The molecule has 366 valence electrons. The van der Waals surface area contributed by atoms with Crippen molar-refractivity contribution in [1.82, 2.24) is 35.4 Å². The third kappa shape index (κ3) is 16.3. The van der Waals surface area contributed by atoms with Crippen LogP contribution in [0.3, 0.4) is 0 Å². The molecule has 5 N–H and O–H groups in total. The number of piperidine rings is 1. The van der Waals surface area contributed by atoms with Crippen LogP contribution in [0.4, 0.5) is 9.59 Å². The highest BCUT2D eigenvalue weighted by molar-refractivity contribution is 7.88. The molecule has 0 bridgehead atoms. The van der Waals surface area contributed by atoms with E-state index in [9.17, 15) is 42.3 Å². The fourth-order valence-corrected chi connectivity index (χ4v) is 9.43. The molecule has 2 heterocycles. The van der Waals surface area contributed by atoms with Crippen LogP contribution in [0, 0.1) is 11.3 Å². The quantitative estimate of drug-likeness (QED) is 0.115. The van der Waals surface area contributed by atoms with E-state index in [0.717, 1.165) is 16.0 Å². The number of nitrogens with one attached hydrogen (secondary N) is 4. The molecule has 0 aromatic heterocycles. The summed E-state index contributed by atoms with van der Waals surface area (Å²) in [6.45, 7) is 16.0. The minimum atomic E-state index is -3.33. The molecule has 18 heteroatoms. The van der Waals surface area contributed by atoms with E-state index in [2.05, 4.69) is 21.3 Å². The largest absolute Gasteiger partial charge is 0.465 e. The van der Waals surface area contributed by atoms with E-state index in [0.29, 0.717) is 51.9 Å². The lowest BCUT2D eigenvalue weighted by Gasteiger charge is -2.54. The maximum atomic E-state index is 14.5. The smallest absolute Gasteiger partial charge is 0.408 e. The average Bonchev–Trinajstić information content (AvgIpc) is 3.20. The summed E-state index contributed by atoms with van der Waals surface area (Å²) in [7, 11) is -3.33. The summed E-state index contributed by atoms with van der Waals surface area (Å²) in [5.41, 5.74) is -0.441. The summed E-state index contributed by atoms with van der Waals surface area (Å²) < 4.78 is 31.1. The number of benzene rings is 2. The lowest BCUT2D eigenvalue weighted by Crippen LogP contribution is -2.65. The maximum Gasteiger partial charge on any atom is 0.408 e. The Hall–Kier alpha value is -5.23. The number of carbonyl (C=O) groups excluding carboxylic acids is 5. The van der Waals surface area contributed by atoms with E-state index in [1.165, 1.54) is 10.6 Å². The Kier molecular flexibility index (Phi) is 18.6. The molecule has 0 unspecified atom stereocenters. The third-order valence-corrected chi connectivity index (χ3v) is 13.2. The highest BCUT2D eigenvalue weighted by atomic mass is 32.2. The Morgan fingerprint density at radius 3 is 1.77 bits per heavy atom. The second-order valence-corrected chi connectivity index (χ2v) is 22.3. The molecule has 4 atom stereocenters. The molecular formula is C48H73N7O10S. The van der Waals surface area contributed by atoms with Crippen LogP contribution in [-0.2, 0) is 46.8 Å². The van der Waals surface area contributed by atoms with E-state index < -0.39 is 75.2 Å². The van der Waals surface area contributed by atoms with Crippen molar-refractivity contribution in [1.29, 1.82) is 0 Å². The number of rotatable bonds is 20. The molecule has 0 radical (unpaired) electrons. The van der Waals surface area contributed by atoms with Gasteiger partial charge in [0.25, 0.3) is 0 Å². The van der Waals surface area contributed by atoms with Gasteiger partial charge in [-0.2, -0.15) is 0 Å². The monoisotopic (exact) mass is 940 g/mol. The second kappa shape index (κ2) is 23.0. The normalized spacial score (nSPS) is 17.1. The Balaban J connectivity index is 1.56. The first kappa shape index (κ1) is 53.4. The molecule has 2 aliphatic heterocycles. The van der Waals surface area contributed by atoms with Crippen molar-refractivity contribution >= 4 is 45.8 Å². The van der Waals surface area contributed by atoms with Crippen LogP contribution in [0.5, 0.6) is 0 Å². The van der Waals surface area contributed by atoms with Gasteiger partial charge in [0, 0.05) is 56.5 Å². The van der Waals surface area contributed by atoms with Gasteiger partial charge in [-0.05, 0) is 97.1 Å². The zero-order chi connectivity index (χ0) is 49.0. The Morgan fingerprint density at radius 1 is 0.758 bits per heavy atom. The van der Waals surface area contributed by atoms with E-state index in [1.807, 2.05) is 26.0 Å². The van der Waals surface area contributed by atoms with Crippen LogP contribution in [0.25, 0.3) is 0 Å². The topological polar surface area (TPSA) is 224 Å². The zero-order valence-electron chi connectivity index (χ0n) is 40.2. The number of hydrogen-bond acceptors (Lipinski definition) is 9. The van der Waals surface area contributed by atoms with Crippen molar-refractivity contribution in [3.05, 3.63) is 71.8 Å². The molecule has 17 nitrogen and oxygen atoms in total. The van der Waals surface area contributed by atoms with Crippen LogP contribution >= 0.6 is 0 Å². The molecule has 1 spiro atoms. The van der Waals surface area contributed by atoms with Gasteiger partial charge in [0.15, 0.2) is 0 Å². The van der Waals surface area contributed by atoms with Gasteiger partial charge in [-0.3, -0.25) is 24.1 Å². The zero-order valence-corrected chi connectivity index (χ0v) is 41.0. The Labute approximate surface area is 391 Å². The Bertz CT molecular complexity index is 2070. The van der Waals surface area contributed by atoms with Gasteiger partial charge < -0.3 is 36.0 Å². The first-order valence-corrected chi connectivity index (χ1v) is 24.8. The molecule has 2 aromatic rings. The second-order valence-electron chi connectivity index (χ2n) is 20.3. The van der Waals surface area contributed by atoms with Crippen LogP contribution in [0.15, 0.2) is 60.7 Å². The van der Waals surface area contributed by atoms with Gasteiger partial charge in [-0.25, -0.2) is 22.3 Å². The highest BCUT2D eigenvalue weighted by Gasteiger charge is 2.49. The van der Waals surface area contributed by atoms with Crippen LogP contribution in [-0.4, -0.2) is 138 Å². The fourth-order valence-electron chi connectivity index (χ4n) is 8.58. The van der Waals surface area contributed by atoms with Crippen molar-refractivity contribution in [3.63, 3.8) is 0 Å². The number of amides is 6. The van der Waals surface area contributed by atoms with Gasteiger partial charge in [0.2, 0.25) is 33.7 Å². The molecule has 0 saturated carbocycles. The standard InChI is InChI=1S/C48H73N7O10S/c1-33(2)28-37(51-41(57)38(29-34-18-12-10-13-19-34)52-42(58)39(30-35-20-14-11-15-21-35)55(45(61)62)46(3,4)5)40(56)50-36(22-16-17-25-49-44(60)65-47(6,7)8)43(59)53-31-48(32-53)23-26-54(27-24-48)66(9,63)64/h10-15,18-21,33,36-39H,16-17,22-32H2,1-9H3,(H,49,60)(H,50,56)(H,51,57)(H,52,58)(H,61,62)/t36-,37-,38-,39-/m1/s1. The minimum Gasteiger partial charge on any atom is -0.465 e. The maximum absolute atomic E-state index is 14.5. The molecule has 0 aliphatic carbocycles. The number of sulfonamides is 1. The highest BCUT2D eigenvalue weighted by Crippen LogP contribution is 2.41. The van der Waals surface area contributed by atoms with E-state index in [1.54, 1.807) is 95.0 Å². The van der Waals surface area contributed by atoms with E-state index in [4.69, 9.17) is 4.74 Å². The molecule has 2 aliphatic rings. The number of hydrogen-bond donors (Lipinski definition) is 5. The number of carboxylic acid groups (broad SMARTS) is 1. The first-order valence-electron chi connectivity index (χ1n) is 23.0. The van der Waals surface area contributed by atoms with Crippen LogP contribution in [0.2, 0.25) is 0 Å². The number of ether oxygens (including phenoxy) is 1. The number of nitrogens with zero attached hydrogens (tertiary/aromatic N) is 3. The van der Waals surface area contributed by atoms with Gasteiger partial charge in [-0.15, -0.1) is 0 Å². The lowest BCUT2D eigenvalue weighted by atomic mass is 9.72. The predicted molar refractivity (Wildman–Crippen MR) is 252 cm³/mol. The summed E-state index contributed by atoms with van der Waals surface area (Å²) in [6.07, 6.45) is 1.98. The van der Waals surface area contributed by atoms with Crippen LogP contribution < -0.4 is 21.3 Å². The van der Waals surface area contributed by atoms with Crippen molar-refractivity contribution < 1.29 is 47.0 Å². The summed E-state index contributed by atoms with van der Waals surface area (Å²) in [6, 6.07) is 13.5. The molecule has 66 heavy (non-hydrogen) atoms. The molecule has 2 aromatic carbocycles. The van der Waals surface area contributed by atoms with Crippen LogP contribution in [0.1, 0.15) is 105 Å². The number of carbonyl (C=O) groups is 6. The summed E-state index contributed by atoms with van der Waals surface area (Å²) in [4.78, 5) is 85.3. The van der Waals surface area contributed by atoms with Crippen molar-refractivity contribution in [2.24, 2.45) is 11.3 Å². The number of likely N-dealkylation sites (tertiary alicyclic amines) is 1. The third-order valence-electron chi connectivity index (χ3n) is 11.9. The van der Waals surface area contributed by atoms with Crippen molar-refractivity contribution in [2.45, 2.75) is 142 Å². The molecule has 6 amide bonds. The van der Waals surface area contributed by atoms with Gasteiger partial charge in [0.1, 0.15) is 29.8 Å². The minimum absolute atomic E-state index is 0.0339.